The number of hydrogen-bond donors (Lipinski definition) is 2. The van der Waals surface area contributed by atoms with Gasteiger partial charge in [-0.25, -0.2) is 9.97 Å². The number of halogens is 3. The first kappa shape index (κ1) is 17.5. The Balaban J connectivity index is 1.78. The van der Waals surface area contributed by atoms with E-state index in [4.69, 9.17) is 34.8 Å². The molecule has 8 heteroatoms. The standard InChI is InChI=1S/C17H11Cl3N4O/c18-10-3-1-4-11(9-10)22-17-21-8-7-14(24-17)16(25)23-13-6-2-5-12(19)15(13)20/h1-9H,(H,23,25)(H,21,22,24). The molecule has 3 rings (SSSR count). The van der Waals surface area contributed by atoms with Crippen molar-refractivity contribution in [2.45, 2.75) is 0 Å². The van der Waals surface area contributed by atoms with Crippen molar-refractivity contribution in [3.8, 4) is 0 Å². The summed E-state index contributed by atoms with van der Waals surface area (Å²) in [5.74, 6) is -0.159. The van der Waals surface area contributed by atoms with Crippen LogP contribution >= 0.6 is 34.8 Å². The average molecular weight is 394 g/mol. The van der Waals surface area contributed by atoms with Gasteiger partial charge in [0.05, 0.1) is 15.7 Å². The van der Waals surface area contributed by atoms with E-state index in [2.05, 4.69) is 20.6 Å². The van der Waals surface area contributed by atoms with Crippen molar-refractivity contribution >= 4 is 58.0 Å². The zero-order valence-corrected chi connectivity index (χ0v) is 14.9. The molecule has 0 saturated heterocycles. The fourth-order valence-corrected chi connectivity index (χ4v) is 2.57. The van der Waals surface area contributed by atoms with E-state index in [-0.39, 0.29) is 16.7 Å². The largest absolute Gasteiger partial charge is 0.324 e. The van der Waals surface area contributed by atoms with E-state index >= 15 is 0 Å². The maximum absolute atomic E-state index is 12.4. The van der Waals surface area contributed by atoms with Gasteiger partial charge in [-0.2, -0.15) is 0 Å². The number of nitrogens with zero attached hydrogens (tertiary/aromatic N) is 2. The summed E-state index contributed by atoms with van der Waals surface area (Å²) in [5.41, 5.74) is 1.29. The highest BCUT2D eigenvalue weighted by molar-refractivity contribution is 6.44. The topological polar surface area (TPSA) is 66.9 Å². The Morgan fingerprint density at radius 1 is 1.00 bits per heavy atom. The Kier molecular flexibility index (Phi) is 5.38. The van der Waals surface area contributed by atoms with Crippen molar-refractivity contribution in [2.24, 2.45) is 0 Å². The Morgan fingerprint density at radius 3 is 2.60 bits per heavy atom. The summed E-state index contributed by atoms with van der Waals surface area (Å²) >= 11 is 18.0. The molecule has 3 aromatic rings. The van der Waals surface area contributed by atoms with E-state index < -0.39 is 5.91 Å². The molecule has 0 unspecified atom stereocenters. The van der Waals surface area contributed by atoms with Gasteiger partial charge in [0, 0.05) is 16.9 Å². The highest BCUT2D eigenvalue weighted by Crippen LogP contribution is 2.29. The second-order valence-electron chi connectivity index (χ2n) is 4.96. The van der Waals surface area contributed by atoms with Crippen LogP contribution in [0.25, 0.3) is 0 Å². The number of carbonyl (C=O) groups excluding carboxylic acids is 1. The van der Waals surface area contributed by atoms with Gasteiger partial charge in [0.2, 0.25) is 5.95 Å². The maximum Gasteiger partial charge on any atom is 0.274 e. The van der Waals surface area contributed by atoms with E-state index in [0.717, 1.165) is 0 Å². The number of amides is 1. The van der Waals surface area contributed by atoms with E-state index in [1.54, 1.807) is 36.4 Å². The van der Waals surface area contributed by atoms with Gasteiger partial charge in [0.25, 0.3) is 5.91 Å². The van der Waals surface area contributed by atoms with Crippen LogP contribution in [-0.2, 0) is 0 Å². The Hall–Kier alpha value is -2.34. The molecule has 0 fully saturated rings. The number of aromatic nitrogens is 2. The smallest absolute Gasteiger partial charge is 0.274 e. The summed E-state index contributed by atoms with van der Waals surface area (Å²) in [6, 6.07) is 13.6. The number of nitrogens with one attached hydrogen (secondary N) is 2. The van der Waals surface area contributed by atoms with Gasteiger partial charge in [-0.3, -0.25) is 4.79 Å². The second kappa shape index (κ2) is 7.70. The normalized spacial score (nSPS) is 10.4. The fourth-order valence-electron chi connectivity index (χ4n) is 2.03. The van der Waals surface area contributed by atoms with E-state index in [0.29, 0.717) is 21.4 Å². The van der Waals surface area contributed by atoms with Gasteiger partial charge in [-0.05, 0) is 36.4 Å². The highest BCUT2D eigenvalue weighted by atomic mass is 35.5. The van der Waals surface area contributed by atoms with Gasteiger partial charge in [-0.1, -0.05) is 46.9 Å². The minimum absolute atomic E-state index is 0.176. The lowest BCUT2D eigenvalue weighted by Crippen LogP contribution is -2.15. The second-order valence-corrected chi connectivity index (χ2v) is 6.18. The fraction of sp³-hybridized carbons (Fsp3) is 0. The SMILES string of the molecule is O=C(Nc1cccc(Cl)c1Cl)c1ccnc(Nc2cccc(Cl)c2)n1. The van der Waals surface area contributed by atoms with Gasteiger partial charge in [0.15, 0.2) is 0 Å². The highest BCUT2D eigenvalue weighted by Gasteiger charge is 2.12. The molecular formula is C17H11Cl3N4O. The summed E-state index contributed by atoms with van der Waals surface area (Å²) in [4.78, 5) is 20.7. The Bertz CT molecular complexity index is 933. The quantitative estimate of drug-likeness (QED) is 0.620. The predicted octanol–water partition coefficient (Wildman–Crippen LogP) is 5.43. The van der Waals surface area contributed by atoms with Crippen LogP contribution in [0.3, 0.4) is 0 Å². The van der Waals surface area contributed by atoms with E-state index in [1.165, 1.54) is 12.3 Å². The lowest BCUT2D eigenvalue weighted by atomic mass is 10.3. The van der Waals surface area contributed by atoms with Crippen molar-refractivity contribution in [1.29, 1.82) is 0 Å². The number of anilines is 3. The number of hydrogen-bond acceptors (Lipinski definition) is 4. The first-order valence-corrected chi connectivity index (χ1v) is 8.27. The van der Waals surface area contributed by atoms with Crippen molar-refractivity contribution in [3.63, 3.8) is 0 Å². The Morgan fingerprint density at radius 2 is 1.80 bits per heavy atom. The van der Waals surface area contributed by atoms with Crippen LogP contribution in [0, 0.1) is 0 Å². The van der Waals surface area contributed by atoms with Crippen molar-refractivity contribution in [3.05, 3.63) is 75.5 Å². The first-order valence-electron chi connectivity index (χ1n) is 7.14. The average Bonchev–Trinajstić information content (AvgIpc) is 2.59. The van der Waals surface area contributed by atoms with Crippen LogP contribution in [0.1, 0.15) is 10.5 Å². The minimum atomic E-state index is -0.430. The van der Waals surface area contributed by atoms with Crippen LogP contribution in [0.5, 0.6) is 0 Å². The van der Waals surface area contributed by atoms with Crippen molar-refractivity contribution in [1.82, 2.24) is 9.97 Å². The molecule has 0 saturated carbocycles. The lowest BCUT2D eigenvalue weighted by molar-refractivity contribution is 0.102. The number of benzene rings is 2. The summed E-state index contributed by atoms with van der Waals surface area (Å²) in [5, 5.41) is 6.86. The van der Waals surface area contributed by atoms with Gasteiger partial charge >= 0.3 is 0 Å². The summed E-state index contributed by atoms with van der Waals surface area (Å²) in [7, 11) is 0. The molecule has 2 N–H and O–H groups in total. The molecule has 0 bridgehead atoms. The molecule has 1 aromatic heterocycles. The summed E-state index contributed by atoms with van der Waals surface area (Å²) < 4.78 is 0. The van der Waals surface area contributed by atoms with Crippen LogP contribution < -0.4 is 10.6 Å². The van der Waals surface area contributed by atoms with Crippen LogP contribution in [-0.4, -0.2) is 15.9 Å². The van der Waals surface area contributed by atoms with Crippen molar-refractivity contribution in [2.75, 3.05) is 10.6 Å². The molecule has 1 amide bonds. The van der Waals surface area contributed by atoms with Gasteiger partial charge in [-0.15, -0.1) is 0 Å². The molecule has 1 heterocycles. The molecule has 0 aliphatic rings. The minimum Gasteiger partial charge on any atom is -0.324 e. The zero-order chi connectivity index (χ0) is 17.8. The van der Waals surface area contributed by atoms with Crippen LogP contribution in [0.4, 0.5) is 17.3 Å². The van der Waals surface area contributed by atoms with E-state index in [1.807, 2.05) is 6.07 Å². The first-order chi connectivity index (χ1) is 12.0. The molecule has 0 atom stereocenters. The third-order valence-electron chi connectivity index (χ3n) is 3.17. The van der Waals surface area contributed by atoms with Crippen LogP contribution in [0.2, 0.25) is 15.1 Å². The lowest BCUT2D eigenvalue weighted by Gasteiger charge is -2.09. The zero-order valence-electron chi connectivity index (χ0n) is 12.6. The molecule has 0 radical (unpaired) electrons. The molecule has 0 aliphatic carbocycles. The van der Waals surface area contributed by atoms with Crippen molar-refractivity contribution < 1.29 is 4.79 Å². The molecular weight excluding hydrogens is 383 g/mol. The predicted molar refractivity (Wildman–Crippen MR) is 101 cm³/mol. The number of carbonyl (C=O) groups is 1. The maximum atomic E-state index is 12.4. The molecule has 5 nitrogen and oxygen atoms in total. The van der Waals surface area contributed by atoms with E-state index in [9.17, 15) is 4.79 Å². The van der Waals surface area contributed by atoms with Gasteiger partial charge < -0.3 is 10.6 Å². The third kappa shape index (κ3) is 4.39. The molecule has 2 aromatic carbocycles. The summed E-state index contributed by atoms with van der Waals surface area (Å²) in [6.07, 6.45) is 1.48. The number of rotatable bonds is 4. The Labute approximate surface area is 159 Å². The van der Waals surface area contributed by atoms with Crippen LogP contribution in [0.15, 0.2) is 54.7 Å². The van der Waals surface area contributed by atoms with Gasteiger partial charge in [0.1, 0.15) is 5.69 Å². The third-order valence-corrected chi connectivity index (χ3v) is 4.22. The molecule has 0 spiro atoms. The molecule has 25 heavy (non-hydrogen) atoms. The monoisotopic (exact) mass is 392 g/mol. The molecule has 126 valence electrons. The molecule has 0 aliphatic heterocycles. The summed E-state index contributed by atoms with van der Waals surface area (Å²) in [6.45, 7) is 0.